The molecule has 6 heterocycles. The summed E-state index contributed by atoms with van der Waals surface area (Å²) in [7, 11) is 0. The average molecular weight is 954 g/mol. The van der Waals surface area contributed by atoms with E-state index < -0.39 is 53.5 Å². The summed E-state index contributed by atoms with van der Waals surface area (Å²) in [5, 5.41) is 12.6. The number of nitrogens with one attached hydrogen (secondary N) is 3. The Kier molecular flexibility index (Phi) is 14.0. The number of esters is 1. The van der Waals surface area contributed by atoms with Gasteiger partial charge in [-0.05, 0) is 99.9 Å². The molecule has 19 nitrogen and oxygen atoms in total. The molecule has 0 radical (unpaired) electrons. The number of benzene rings is 3. The molecule has 0 spiro atoms. The van der Waals surface area contributed by atoms with E-state index in [0.717, 1.165) is 63.1 Å². The predicted octanol–water partition coefficient (Wildman–Crippen LogP) is 4.77. The van der Waals surface area contributed by atoms with Crippen LogP contribution in [0, 0.1) is 11.7 Å². The number of ether oxygens (including phenoxy) is 1. The standard InChI is InChI=1S/C50H52FN11O8/c51-33-8-10-34(11-9-33)56-47(66)44(31-6-2-1-3-7-31)70-50(69)43-45(52)54-27-39(57-43)32-26-55-61(29-32)36-18-21-59(22-19-36)20-4-5-30-16-23-60(24-17-30)42(64)28-53-35-12-13-37-38(25-35)49(68)62(48(37)67)40-14-15-41(63)58-46(40)65/h1-3,6-13,25-27,29-30,36,40,44,53H,4-5,14-24,28H2,(H2,52,54)(H,56,66)(H,58,63,65)/t40?,44-/m1/s1. The molecule has 20 heteroatoms. The van der Waals surface area contributed by atoms with Crippen LogP contribution in [0.2, 0.25) is 0 Å². The van der Waals surface area contributed by atoms with Gasteiger partial charge >= 0.3 is 5.97 Å². The molecule has 5 aromatic rings. The Morgan fingerprint density at radius 2 is 1.59 bits per heavy atom. The number of likely N-dealkylation sites (tertiary alicyclic amines) is 2. The van der Waals surface area contributed by atoms with E-state index in [0.29, 0.717) is 47.2 Å². The number of carbonyl (C=O) groups excluding carboxylic acids is 7. The monoisotopic (exact) mass is 953 g/mol. The minimum atomic E-state index is -1.37. The van der Waals surface area contributed by atoms with Gasteiger partial charge in [0, 0.05) is 61.3 Å². The molecule has 362 valence electrons. The van der Waals surface area contributed by atoms with Crippen LogP contribution >= 0.6 is 0 Å². The van der Waals surface area contributed by atoms with Crippen molar-refractivity contribution >= 4 is 58.6 Å². The van der Waals surface area contributed by atoms with E-state index in [1.54, 1.807) is 42.6 Å². The Bertz CT molecular complexity index is 2810. The second-order valence-corrected chi connectivity index (χ2v) is 18.0. The first-order valence-electron chi connectivity index (χ1n) is 23.5. The predicted molar refractivity (Wildman–Crippen MR) is 252 cm³/mol. The Morgan fingerprint density at radius 3 is 2.33 bits per heavy atom. The SMILES string of the molecule is Nc1ncc(-c2cnn(C3CCN(CCCC4CCN(C(=O)CNc5ccc6c(c5)C(=O)N(C5CCC(=O)NC5=O)C6=O)CC4)CC3)c2)nc1C(=O)O[C@@H](C(=O)Nc1ccc(F)cc1)c1ccccc1. The summed E-state index contributed by atoms with van der Waals surface area (Å²) in [5.74, 6) is -4.02. The number of nitrogens with two attached hydrogens (primary N) is 1. The third kappa shape index (κ3) is 10.6. The molecule has 0 bridgehead atoms. The van der Waals surface area contributed by atoms with Crippen LogP contribution in [0.1, 0.15) is 100 Å². The zero-order chi connectivity index (χ0) is 48.9. The lowest BCUT2D eigenvalue weighted by molar-refractivity contribution is -0.136. The van der Waals surface area contributed by atoms with E-state index in [1.165, 1.54) is 42.6 Å². The number of piperidine rings is 3. The summed E-state index contributed by atoms with van der Waals surface area (Å²) < 4.78 is 21.1. The lowest BCUT2D eigenvalue weighted by Crippen LogP contribution is -2.54. The summed E-state index contributed by atoms with van der Waals surface area (Å²) >= 11 is 0. The van der Waals surface area contributed by atoms with Crippen molar-refractivity contribution in [2.75, 3.05) is 55.6 Å². The number of fused-ring (bicyclic) bond motifs is 1. The molecular formula is C50H52FN11O8. The summed E-state index contributed by atoms with van der Waals surface area (Å²) in [5.41, 5.74) is 8.44. The van der Waals surface area contributed by atoms with Crippen LogP contribution in [-0.4, -0.2) is 121 Å². The molecule has 0 saturated carbocycles. The van der Waals surface area contributed by atoms with Crippen molar-refractivity contribution in [3.8, 4) is 11.3 Å². The van der Waals surface area contributed by atoms with Gasteiger partial charge in [0.15, 0.2) is 11.5 Å². The molecule has 3 fully saturated rings. The van der Waals surface area contributed by atoms with E-state index in [4.69, 9.17) is 10.5 Å². The van der Waals surface area contributed by atoms with Gasteiger partial charge in [0.25, 0.3) is 17.7 Å². The lowest BCUT2D eigenvalue weighted by Gasteiger charge is -2.34. The molecule has 4 aliphatic rings. The van der Waals surface area contributed by atoms with Crippen LogP contribution in [0.25, 0.3) is 11.3 Å². The van der Waals surface area contributed by atoms with Gasteiger partial charge in [-0.1, -0.05) is 30.3 Å². The largest absolute Gasteiger partial charge is 0.442 e. The molecule has 1 unspecified atom stereocenters. The van der Waals surface area contributed by atoms with Gasteiger partial charge in [-0.2, -0.15) is 5.10 Å². The van der Waals surface area contributed by atoms with Gasteiger partial charge < -0.3 is 30.9 Å². The van der Waals surface area contributed by atoms with Crippen LogP contribution in [0.15, 0.2) is 91.4 Å². The minimum absolute atomic E-state index is 0.0339. The van der Waals surface area contributed by atoms with E-state index in [1.807, 2.05) is 15.8 Å². The van der Waals surface area contributed by atoms with Crippen molar-refractivity contribution in [3.63, 3.8) is 0 Å². The number of amides is 6. The molecule has 3 saturated heterocycles. The molecule has 6 amide bonds. The summed E-state index contributed by atoms with van der Waals surface area (Å²) in [6.45, 7) is 4.19. The van der Waals surface area contributed by atoms with Gasteiger partial charge in [0.1, 0.15) is 11.9 Å². The second-order valence-electron chi connectivity index (χ2n) is 18.0. The smallest absolute Gasteiger partial charge is 0.361 e. The van der Waals surface area contributed by atoms with Gasteiger partial charge in [0.2, 0.25) is 23.8 Å². The van der Waals surface area contributed by atoms with E-state index >= 15 is 0 Å². The topological polar surface area (TPSA) is 244 Å². The first kappa shape index (κ1) is 47.2. The normalized spacial score (nSPS) is 18.3. The van der Waals surface area contributed by atoms with Crippen molar-refractivity contribution < 1.29 is 42.7 Å². The lowest BCUT2D eigenvalue weighted by atomic mass is 9.92. The number of hydrogen-bond donors (Lipinski definition) is 4. The first-order valence-corrected chi connectivity index (χ1v) is 23.5. The van der Waals surface area contributed by atoms with Crippen LogP contribution in [0.5, 0.6) is 0 Å². The van der Waals surface area contributed by atoms with Gasteiger partial charge in [-0.3, -0.25) is 43.7 Å². The van der Waals surface area contributed by atoms with Crippen LogP contribution in [-0.2, 0) is 23.9 Å². The Labute approximate surface area is 401 Å². The first-order chi connectivity index (χ1) is 33.9. The Balaban J connectivity index is 0.700. The Morgan fingerprint density at radius 1 is 0.857 bits per heavy atom. The molecule has 70 heavy (non-hydrogen) atoms. The third-order valence-corrected chi connectivity index (χ3v) is 13.4. The fraction of sp³-hybridized carbons (Fsp3) is 0.360. The van der Waals surface area contributed by atoms with Gasteiger partial charge in [-0.15, -0.1) is 0 Å². The quantitative estimate of drug-likeness (QED) is 0.0817. The molecule has 9 rings (SSSR count). The highest BCUT2D eigenvalue weighted by atomic mass is 19.1. The molecule has 3 aromatic carbocycles. The van der Waals surface area contributed by atoms with Gasteiger partial charge in [0.05, 0.1) is 41.8 Å². The van der Waals surface area contributed by atoms with Crippen LogP contribution in [0.3, 0.4) is 0 Å². The number of halogens is 1. The van der Waals surface area contributed by atoms with Crippen molar-refractivity contribution in [2.45, 2.75) is 69.6 Å². The maximum Gasteiger partial charge on any atom is 0.361 e. The van der Waals surface area contributed by atoms with E-state index in [9.17, 15) is 38.0 Å². The number of nitrogens with zero attached hydrogens (tertiary/aromatic N) is 7. The highest BCUT2D eigenvalue weighted by Gasteiger charge is 2.44. The number of hydrogen-bond acceptors (Lipinski definition) is 14. The maximum absolute atomic E-state index is 13.6. The number of aromatic nitrogens is 4. The summed E-state index contributed by atoms with van der Waals surface area (Å²) in [6, 6.07) is 17.5. The number of nitrogen functional groups attached to an aromatic ring is 1. The highest BCUT2D eigenvalue weighted by molar-refractivity contribution is 6.23. The third-order valence-electron chi connectivity index (χ3n) is 13.4. The van der Waals surface area contributed by atoms with Crippen LogP contribution < -0.4 is 21.7 Å². The molecule has 4 aliphatic heterocycles. The maximum atomic E-state index is 13.6. The Hall–Kier alpha value is -7.87. The average Bonchev–Trinajstić information content (AvgIpc) is 3.96. The van der Waals surface area contributed by atoms with Crippen LogP contribution in [0.4, 0.5) is 21.6 Å². The second kappa shape index (κ2) is 20.8. The summed E-state index contributed by atoms with van der Waals surface area (Å²) in [6.07, 6.45) is 9.55. The summed E-state index contributed by atoms with van der Waals surface area (Å²) in [4.78, 5) is 104. The zero-order valence-electron chi connectivity index (χ0n) is 38.2. The fourth-order valence-electron chi connectivity index (χ4n) is 9.51. The van der Waals surface area contributed by atoms with Gasteiger partial charge in [-0.25, -0.2) is 19.2 Å². The zero-order valence-corrected chi connectivity index (χ0v) is 38.2. The number of rotatable bonds is 15. The van der Waals surface area contributed by atoms with Crippen molar-refractivity contribution in [3.05, 3.63) is 120 Å². The minimum Gasteiger partial charge on any atom is -0.442 e. The number of carbonyl (C=O) groups is 7. The molecule has 2 atom stereocenters. The van der Waals surface area contributed by atoms with Crippen molar-refractivity contribution in [2.24, 2.45) is 5.92 Å². The van der Waals surface area contributed by atoms with E-state index in [-0.39, 0.29) is 54.0 Å². The van der Waals surface area contributed by atoms with E-state index in [2.05, 4.69) is 35.9 Å². The molecular weight excluding hydrogens is 902 g/mol. The molecule has 5 N–H and O–H groups in total. The fourth-order valence-corrected chi connectivity index (χ4v) is 9.51. The van der Waals surface area contributed by atoms with Crippen molar-refractivity contribution in [1.82, 2.24) is 39.8 Å². The highest BCUT2D eigenvalue weighted by Crippen LogP contribution is 2.31. The molecule has 2 aromatic heterocycles. The van der Waals surface area contributed by atoms with Crippen molar-refractivity contribution in [1.29, 1.82) is 0 Å². The molecule has 0 aliphatic carbocycles. The number of anilines is 3. The number of imide groups is 2.